The van der Waals surface area contributed by atoms with E-state index < -0.39 is 20.6 Å². The van der Waals surface area contributed by atoms with Crippen LogP contribution >= 0.6 is 11.6 Å². The van der Waals surface area contributed by atoms with Crippen LogP contribution in [0.5, 0.6) is 0 Å². The second kappa shape index (κ2) is 11.1. The molecule has 34 heavy (non-hydrogen) atoms. The Balaban J connectivity index is 1.66. The van der Waals surface area contributed by atoms with Gasteiger partial charge in [0.2, 0.25) is 10.0 Å². The second-order valence-corrected chi connectivity index (χ2v) is 9.58. The van der Waals surface area contributed by atoms with E-state index in [1.54, 1.807) is 36.4 Å². The van der Waals surface area contributed by atoms with Gasteiger partial charge in [-0.1, -0.05) is 47.5 Å². The number of nitro groups is 1. The third kappa shape index (κ3) is 6.53. The maximum absolute atomic E-state index is 12.9. The van der Waals surface area contributed by atoms with Gasteiger partial charge in [-0.05, 0) is 49.7 Å². The smallest absolute Gasteiger partial charge is 0.308 e. The lowest BCUT2D eigenvalue weighted by Gasteiger charge is -2.23. The number of nitro benzene ring substituents is 1. The molecule has 2 N–H and O–H groups in total. The minimum absolute atomic E-state index is 0.0138. The average molecular weight is 503 g/mol. The van der Waals surface area contributed by atoms with Gasteiger partial charge in [0, 0.05) is 30.5 Å². The van der Waals surface area contributed by atoms with Crippen LogP contribution in [0.1, 0.15) is 12.0 Å². The van der Waals surface area contributed by atoms with Gasteiger partial charge in [-0.25, -0.2) is 17.9 Å². The van der Waals surface area contributed by atoms with Crippen LogP contribution in [0.25, 0.3) is 0 Å². The summed E-state index contributed by atoms with van der Waals surface area (Å²) in [6.07, 6.45) is 0.297. The Hall–Kier alpha value is -3.47. The zero-order valence-electron chi connectivity index (χ0n) is 18.3. The number of halogens is 1. The lowest BCUT2D eigenvalue weighted by molar-refractivity contribution is -0.384. The predicted octanol–water partition coefficient (Wildman–Crippen LogP) is 4.96. The Morgan fingerprint density at radius 1 is 1.06 bits per heavy atom. The van der Waals surface area contributed by atoms with Crippen LogP contribution in [-0.2, 0) is 10.0 Å². The highest BCUT2D eigenvalue weighted by Gasteiger charge is 2.21. The van der Waals surface area contributed by atoms with E-state index in [-0.39, 0.29) is 29.0 Å². The van der Waals surface area contributed by atoms with Crippen LogP contribution in [0.2, 0.25) is 5.02 Å². The SMILES string of the molecule is Cc1ccc(NC(=O)N(CCCNS(=O)(=O)c2ccc(Cl)c([N+](=O)[O-])c2)c2ccccc2)cc1. The normalized spacial score (nSPS) is 11.1. The number of aryl methyl sites for hydroxylation is 1. The summed E-state index contributed by atoms with van der Waals surface area (Å²) in [5.74, 6) is 0. The monoisotopic (exact) mass is 502 g/mol. The lowest BCUT2D eigenvalue weighted by Crippen LogP contribution is -2.37. The average Bonchev–Trinajstić information content (AvgIpc) is 2.81. The number of urea groups is 1. The van der Waals surface area contributed by atoms with E-state index in [2.05, 4.69) is 10.0 Å². The summed E-state index contributed by atoms with van der Waals surface area (Å²) in [5, 5.41) is 13.7. The van der Waals surface area contributed by atoms with Crippen LogP contribution in [-0.4, -0.2) is 32.5 Å². The fourth-order valence-corrected chi connectivity index (χ4v) is 4.39. The Kier molecular flexibility index (Phi) is 8.21. The number of nitrogens with one attached hydrogen (secondary N) is 2. The van der Waals surface area contributed by atoms with E-state index in [0.717, 1.165) is 11.6 Å². The van der Waals surface area contributed by atoms with E-state index in [1.807, 2.05) is 25.1 Å². The first-order valence-electron chi connectivity index (χ1n) is 10.3. The highest BCUT2D eigenvalue weighted by atomic mass is 35.5. The molecule has 2 amide bonds. The van der Waals surface area contributed by atoms with Gasteiger partial charge in [0.25, 0.3) is 5.69 Å². The molecule has 3 aromatic carbocycles. The standard InChI is InChI=1S/C23H23ClN4O5S/c1-17-8-10-18(11-9-17)26-23(29)27(19-6-3-2-4-7-19)15-5-14-25-34(32,33)20-12-13-21(24)22(16-20)28(30)31/h2-4,6-13,16,25H,5,14-15H2,1H3,(H,26,29). The van der Waals surface area contributed by atoms with E-state index in [9.17, 15) is 23.3 Å². The molecule has 0 heterocycles. The van der Waals surface area contributed by atoms with Crippen molar-refractivity contribution in [1.82, 2.24) is 4.72 Å². The van der Waals surface area contributed by atoms with Gasteiger partial charge in [0.15, 0.2) is 0 Å². The molecule has 0 aliphatic rings. The van der Waals surface area contributed by atoms with Crippen molar-refractivity contribution < 1.29 is 18.1 Å². The second-order valence-electron chi connectivity index (χ2n) is 7.41. The number of hydrogen-bond donors (Lipinski definition) is 2. The molecule has 0 aliphatic carbocycles. The molecule has 0 saturated carbocycles. The number of sulfonamides is 1. The summed E-state index contributed by atoms with van der Waals surface area (Å²) in [4.78, 5) is 24.5. The van der Waals surface area contributed by atoms with Gasteiger partial charge in [0.1, 0.15) is 5.02 Å². The topological polar surface area (TPSA) is 122 Å². The highest BCUT2D eigenvalue weighted by Crippen LogP contribution is 2.27. The van der Waals surface area contributed by atoms with Crippen molar-refractivity contribution in [2.24, 2.45) is 0 Å². The molecule has 0 bridgehead atoms. The van der Waals surface area contributed by atoms with Gasteiger partial charge in [0.05, 0.1) is 9.82 Å². The van der Waals surface area contributed by atoms with Crippen molar-refractivity contribution in [3.8, 4) is 0 Å². The highest BCUT2D eigenvalue weighted by molar-refractivity contribution is 7.89. The van der Waals surface area contributed by atoms with Crippen molar-refractivity contribution in [2.75, 3.05) is 23.3 Å². The largest absolute Gasteiger partial charge is 0.326 e. The van der Waals surface area contributed by atoms with E-state index in [1.165, 1.54) is 17.0 Å². The molecule has 0 fully saturated rings. The number of rotatable bonds is 9. The van der Waals surface area contributed by atoms with Gasteiger partial charge in [-0.15, -0.1) is 0 Å². The van der Waals surface area contributed by atoms with Crippen molar-refractivity contribution in [3.05, 3.63) is 93.5 Å². The number of carbonyl (C=O) groups is 1. The molecule has 0 aromatic heterocycles. The summed E-state index contributed by atoms with van der Waals surface area (Å²) < 4.78 is 27.5. The number of hydrogen-bond acceptors (Lipinski definition) is 5. The van der Waals surface area contributed by atoms with Crippen molar-refractivity contribution >= 4 is 44.7 Å². The summed E-state index contributed by atoms with van der Waals surface area (Å²) in [7, 11) is -4.00. The van der Waals surface area contributed by atoms with Crippen molar-refractivity contribution in [1.29, 1.82) is 0 Å². The van der Waals surface area contributed by atoms with Gasteiger partial charge < -0.3 is 5.32 Å². The number of nitrogens with zero attached hydrogens (tertiary/aromatic N) is 2. The van der Waals surface area contributed by atoms with Crippen LogP contribution in [0.4, 0.5) is 21.9 Å². The van der Waals surface area contributed by atoms with Crippen molar-refractivity contribution in [3.63, 3.8) is 0 Å². The molecule has 9 nitrogen and oxygen atoms in total. The quantitative estimate of drug-likeness (QED) is 0.243. The summed E-state index contributed by atoms with van der Waals surface area (Å²) in [6, 6.07) is 19.3. The van der Waals surface area contributed by atoms with E-state index in [0.29, 0.717) is 17.8 Å². The zero-order chi connectivity index (χ0) is 24.7. The van der Waals surface area contributed by atoms with Crippen molar-refractivity contribution in [2.45, 2.75) is 18.2 Å². The van der Waals surface area contributed by atoms with Crippen LogP contribution < -0.4 is 14.9 Å². The third-order valence-corrected chi connectivity index (χ3v) is 6.67. The molecule has 0 aliphatic heterocycles. The molecule has 0 unspecified atom stereocenters. The van der Waals surface area contributed by atoms with E-state index >= 15 is 0 Å². The minimum atomic E-state index is -4.00. The molecule has 0 saturated heterocycles. The van der Waals surface area contributed by atoms with E-state index in [4.69, 9.17) is 11.6 Å². The Labute approximate surface area is 202 Å². The third-order valence-electron chi connectivity index (χ3n) is 4.89. The first-order chi connectivity index (χ1) is 16.2. The predicted molar refractivity (Wildman–Crippen MR) is 132 cm³/mol. The number of anilines is 2. The Bertz CT molecular complexity index is 1270. The molecular formula is C23H23ClN4O5S. The summed E-state index contributed by atoms with van der Waals surface area (Å²) in [6.45, 7) is 2.19. The first-order valence-corrected chi connectivity index (χ1v) is 12.2. The molecule has 178 valence electrons. The zero-order valence-corrected chi connectivity index (χ0v) is 19.8. The van der Waals surface area contributed by atoms with Crippen LogP contribution in [0.3, 0.4) is 0 Å². The number of benzene rings is 3. The van der Waals surface area contributed by atoms with Gasteiger partial charge in [-0.2, -0.15) is 0 Å². The number of amides is 2. The molecule has 11 heteroatoms. The van der Waals surface area contributed by atoms with Crippen LogP contribution in [0.15, 0.2) is 77.7 Å². The Morgan fingerprint density at radius 3 is 2.38 bits per heavy atom. The molecule has 3 aromatic rings. The number of para-hydroxylation sites is 1. The minimum Gasteiger partial charge on any atom is -0.308 e. The van der Waals surface area contributed by atoms with Crippen LogP contribution in [0, 0.1) is 17.0 Å². The molecule has 0 atom stereocenters. The maximum Gasteiger partial charge on any atom is 0.326 e. The maximum atomic E-state index is 12.9. The molecule has 0 spiro atoms. The lowest BCUT2D eigenvalue weighted by atomic mass is 10.2. The number of carbonyl (C=O) groups excluding carboxylic acids is 1. The molecule has 0 radical (unpaired) electrons. The first kappa shape index (κ1) is 25.2. The molecular weight excluding hydrogens is 480 g/mol. The fourth-order valence-electron chi connectivity index (χ4n) is 3.11. The van der Waals surface area contributed by atoms with Gasteiger partial charge in [-0.3, -0.25) is 15.0 Å². The summed E-state index contributed by atoms with van der Waals surface area (Å²) >= 11 is 5.76. The fraction of sp³-hybridized carbons (Fsp3) is 0.174. The Morgan fingerprint density at radius 2 is 1.74 bits per heavy atom. The summed E-state index contributed by atoms with van der Waals surface area (Å²) in [5.41, 5.74) is 1.87. The van der Waals surface area contributed by atoms with Gasteiger partial charge >= 0.3 is 6.03 Å². The molecule has 3 rings (SSSR count).